The number of nitrogens with two attached hydrogens (primary N) is 1. The average molecular weight is 289 g/mol. The van der Waals surface area contributed by atoms with E-state index in [-0.39, 0.29) is 11.5 Å². The molecule has 7 heteroatoms. The third-order valence-electron chi connectivity index (χ3n) is 1.74. The van der Waals surface area contributed by atoms with Crippen LogP contribution in [0, 0.1) is 10.1 Å². The van der Waals surface area contributed by atoms with Gasteiger partial charge in [0.2, 0.25) is 5.82 Å². The van der Waals surface area contributed by atoms with Crippen molar-refractivity contribution in [3.63, 3.8) is 0 Å². The molecule has 0 fully saturated rings. The highest BCUT2D eigenvalue weighted by Crippen LogP contribution is 2.25. The molecule has 0 amide bonds. The van der Waals surface area contributed by atoms with Gasteiger partial charge in [0.15, 0.2) is 0 Å². The second kappa shape index (κ2) is 4.75. The third-order valence-corrected chi connectivity index (χ3v) is 2.18. The van der Waals surface area contributed by atoms with Crippen LogP contribution >= 0.6 is 15.9 Å². The van der Waals surface area contributed by atoms with Crippen molar-refractivity contribution in [3.8, 4) is 0 Å². The molecule has 0 saturated heterocycles. The minimum atomic E-state index is -0.483. The van der Waals surface area contributed by atoms with Crippen molar-refractivity contribution in [3.05, 3.63) is 26.9 Å². The minimum Gasteiger partial charge on any atom is -0.363 e. The van der Waals surface area contributed by atoms with Crippen LogP contribution in [0.25, 0.3) is 0 Å². The molecule has 0 saturated carbocycles. The summed E-state index contributed by atoms with van der Waals surface area (Å²) in [5, 5.41) is 13.6. The second-order valence-electron chi connectivity index (χ2n) is 4.12. The Labute approximate surface area is 102 Å². The Hall–Kier alpha value is -1.21. The van der Waals surface area contributed by atoms with Crippen LogP contribution in [-0.4, -0.2) is 22.0 Å². The summed E-state index contributed by atoms with van der Waals surface area (Å²) in [4.78, 5) is 14.2. The van der Waals surface area contributed by atoms with E-state index in [1.807, 2.05) is 13.8 Å². The van der Waals surface area contributed by atoms with Crippen molar-refractivity contribution in [2.24, 2.45) is 5.73 Å². The van der Waals surface area contributed by atoms with Crippen LogP contribution in [0.2, 0.25) is 0 Å². The van der Waals surface area contributed by atoms with Crippen LogP contribution in [0.3, 0.4) is 0 Å². The van der Waals surface area contributed by atoms with Crippen LogP contribution in [0.1, 0.15) is 13.8 Å². The van der Waals surface area contributed by atoms with Gasteiger partial charge in [0.05, 0.1) is 4.92 Å². The zero-order valence-electron chi connectivity index (χ0n) is 9.03. The molecule has 0 aliphatic heterocycles. The number of hydrogen-bond donors (Lipinski definition) is 2. The molecule has 0 aromatic carbocycles. The van der Waals surface area contributed by atoms with E-state index in [2.05, 4.69) is 26.2 Å². The minimum absolute atomic E-state index is 0.0707. The lowest BCUT2D eigenvalue weighted by Gasteiger charge is -2.19. The van der Waals surface area contributed by atoms with Crippen LogP contribution < -0.4 is 11.1 Å². The van der Waals surface area contributed by atoms with E-state index < -0.39 is 10.5 Å². The zero-order chi connectivity index (χ0) is 12.3. The SMILES string of the molecule is CC(C)(N)CNc1ncc(Br)cc1[N+](=O)[O-]. The number of pyridine rings is 1. The molecule has 1 aromatic heterocycles. The van der Waals surface area contributed by atoms with Crippen molar-refractivity contribution in [2.45, 2.75) is 19.4 Å². The van der Waals surface area contributed by atoms with Crippen LogP contribution in [0.4, 0.5) is 11.5 Å². The Morgan fingerprint density at radius 3 is 2.81 bits per heavy atom. The predicted molar refractivity (Wildman–Crippen MR) is 65.3 cm³/mol. The van der Waals surface area contributed by atoms with E-state index in [1.54, 1.807) is 0 Å². The summed E-state index contributed by atoms with van der Waals surface area (Å²) in [5.74, 6) is 0.228. The maximum atomic E-state index is 10.8. The van der Waals surface area contributed by atoms with Gasteiger partial charge in [-0.1, -0.05) is 0 Å². The van der Waals surface area contributed by atoms with Crippen LogP contribution in [0.5, 0.6) is 0 Å². The summed E-state index contributed by atoms with van der Waals surface area (Å²) in [5.41, 5.74) is 5.24. The fraction of sp³-hybridized carbons (Fsp3) is 0.444. The first kappa shape index (κ1) is 12.9. The van der Waals surface area contributed by atoms with Gasteiger partial charge in [0.25, 0.3) is 0 Å². The van der Waals surface area contributed by atoms with Gasteiger partial charge in [-0.05, 0) is 29.8 Å². The normalized spacial score (nSPS) is 11.2. The smallest absolute Gasteiger partial charge is 0.312 e. The molecule has 0 aliphatic rings. The molecule has 0 radical (unpaired) electrons. The summed E-state index contributed by atoms with van der Waals surface area (Å²) in [7, 11) is 0. The number of aromatic nitrogens is 1. The summed E-state index contributed by atoms with van der Waals surface area (Å²) in [6, 6.07) is 1.40. The molecule has 0 spiro atoms. The molecular weight excluding hydrogens is 276 g/mol. The number of hydrogen-bond acceptors (Lipinski definition) is 5. The molecule has 0 atom stereocenters. The van der Waals surface area contributed by atoms with E-state index >= 15 is 0 Å². The van der Waals surface area contributed by atoms with E-state index in [0.717, 1.165) is 0 Å². The maximum absolute atomic E-state index is 10.8. The quantitative estimate of drug-likeness (QED) is 0.652. The van der Waals surface area contributed by atoms with Crippen molar-refractivity contribution < 1.29 is 4.92 Å². The molecule has 16 heavy (non-hydrogen) atoms. The summed E-state index contributed by atoms with van der Waals surface area (Å²) >= 11 is 3.14. The highest BCUT2D eigenvalue weighted by atomic mass is 79.9. The third kappa shape index (κ3) is 3.74. The molecule has 3 N–H and O–H groups in total. The monoisotopic (exact) mass is 288 g/mol. The fourth-order valence-corrected chi connectivity index (χ4v) is 1.33. The molecule has 6 nitrogen and oxygen atoms in total. The van der Waals surface area contributed by atoms with Gasteiger partial charge >= 0.3 is 5.69 Å². The molecule has 1 heterocycles. The average Bonchev–Trinajstić information content (AvgIpc) is 2.14. The van der Waals surface area contributed by atoms with Gasteiger partial charge in [-0.3, -0.25) is 10.1 Å². The lowest BCUT2D eigenvalue weighted by Crippen LogP contribution is -2.39. The van der Waals surface area contributed by atoms with E-state index in [9.17, 15) is 10.1 Å². The first-order chi connectivity index (χ1) is 7.29. The van der Waals surface area contributed by atoms with Gasteiger partial charge in [0.1, 0.15) is 0 Å². The Kier molecular flexibility index (Phi) is 3.82. The van der Waals surface area contributed by atoms with Gasteiger partial charge in [0, 0.05) is 28.8 Å². The standard InChI is InChI=1S/C9H13BrN4O2/c1-9(2,11)5-13-8-7(14(15)16)3-6(10)4-12-8/h3-4H,5,11H2,1-2H3,(H,12,13). The predicted octanol–water partition coefficient (Wildman–Crippen LogP) is 1.90. The summed E-state index contributed by atoms with van der Waals surface area (Å²) in [6.07, 6.45) is 1.50. The van der Waals surface area contributed by atoms with E-state index in [0.29, 0.717) is 11.0 Å². The van der Waals surface area contributed by atoms with Crippen molar-refractivity contribution in [1.82, 2.24) is 4.98 Å². The molecule has 0 bridgehead atoms. The van der Waals surface area contributed by atoms with Crippen molar-refractivity contribution in [2.75, 3.05) is 11.9 Å². The highest BCUT2D eigenvalue weighted by Gasteiger charge is 2.18. The Bertz CT molecular complexity index is 403. The van der Waals surface area contributed by atoms with Crippen LogP contribution in [0.15, 0.2) is 16.7 Å². The highest BCUT2D eigenvalue weighted by molar-refractivity contribution is 9.10. The molecule has 1 aromatic rings. The van der Waals surface area contributed by atoms with Crippen LogP contribution in [-0.2, 0) is 0 Å². The Morgan fingerprint density at radius 1 is 1.69 bits per heavy atom. The molecule has 0 unspecified atom stereocenters. The molecule has 88 valence electrons. The van der Waals surface area contributed by atoms with Gasteiger partial charge < -0.3 is 11.1 Å². The van der Waals surface area contributed by atoms with Gasteiger partial charge in [-0.15, -0.1) is 0 Å². The van der Waals surface area contributed by atoms with E-state index in [4.69, 9.17) is 5.73 Å². The van der Waals surface area contributed by atoms with Crippen molar-refractivity contribution in [1.29, 1.82) is 0 Å². The lowest BCUT2D eigenvalue weighted by atomic mass is 10.1. The molecule has 0 aliphatic carbocycles. The Balaban J connectivity index is 2.91. The fourth-order valence-electron chi connectivity index (χ4n) is 1.02. The number of nitro groups is 1. The topological polar surface area (TPSA) is 94.1 Å². The second-order valence-corrected chi connectivity index (χ2v) is 5.04. The number of rotatable bonds is 4. The largest absolute Gasteiger partial charge is 0.363 e. The first-order valence-electron chi connectivity index (χ1n) is 4.62. The number of halogens is 1. The summed E-state index contributed by atoms with van der Waals surface area (Å²) < 4.78 is 0.566. The van der Waals surface area contributed by atoms with Gasteiger partial charge in [-0.25, -0.2) is 4.98 Å². The van der Waals surface area contributed by atoms with Gasteiger partial charge in [-0.2, -0.15) is 0 Å². The first-order valence-corrected chi connectivity index (χ1v) is 5.41. The Morgan fingerprint density at radius 2 is 2.31 bits per heavy atom. The number of anilines is 1. The zero-order valence-corrected chi connectivity index (χ0v) is 10.6. The van der Waals surface area contributed by atoms with E-state index in [1.165, 1.54) is 12.3 Å². The lowest BCUT2D eigenvalue weighted by molar-refractivity contribution is -0.384. The number of nitrogens with one attached hydrogen (secondary N) is 1. The molecular formula is C9H13BrN4O2. The maximum Gasteiger partial charge on any atom is 0.312 e. The van der Waals surface area contributed by atoms with Crippen molar-refractivity contribution >= 4 is 27.4 Å². The number of nitrogens with zero attached hydrogens (tertiary/aromatic N) is 2. The summed E-state index contributed by atoms with van der Waals surface area (Å²) in [6.45, 7) is 4.05. The molecule has 1 rings (SSSR count).